The van der Waals surface area contributed by atoms with Crippen LogP contribution in [0.4, 0.5) is 11.4 Å². The van der Waals surface area contributed by atoms with Crippen LogP contribution < -0.4 is 0 Å². The molecule has 210 valence electrons. The number of aryl methyl sites for hydroxylation is 4. The highest BCUT2D eigenvalue weighted by Crippen LogP contribution is 2.24. The fourth-order valence-electron chi connectivity index (χ4n) is 5.06. The van der Waals surface area contributed by atoms with Crippen molar-refractivity contribution in [3.63, 3.8) is 0 Å². The minimum absolute atomic E-state index is 1.01. The zero-order chi connectivity index (χ0) is 27.6. The molecular formula is C36H56N2. The van der Waals surface area contributed by atoms with Crippen LogP contribution in [0.2, 0.25) is 0 Å². The van der Waals surface area contributed by atoms with E-state index in [4.69, 9.17) is 9.98 Å². The molecule has 2 aromatic carbocycles. The highest BCUT2D eigenvalue weighted by Gasteiger charge is 2.12. The summed E-state index contributed by atoms with van der Waals surface area (Å²) in [7, 11) is 0. The molecular weight excluding hydrogens is 460 g/mol. The van der Waals surface area contributed by atoms with Gasteiger partial charge in [-0.25, -0.2) is 0 Å². The van der Waals surface area contributed by atoms with Crippen molar-refractivity contribution in [3.05, 3.63) is 58.7 Å². The van der Waals surface area contributed by atoms with Crippen LogP contribution in [-0.4, -0.2) is 11.4 Å². The van der Waals surface area contributed by atoms with Crippen molar-refractivity contribution >= 4 is 22.8 Å². The molecule has 0 spiro atoms. The number of aliphatic imine (C=N–C) groups is 2. The summed E-state index contributed by atoms with van der Waals surface area (Å²) in [5.74, 6) is 0. The van der Waals surface area contributed by atoms with Crippen LogP contribution in [0.5, 0.6) is 0 Å². The van der Waals surface area contributed by atoms with Crippen molar-refractivity contribution in [1.29, 1.82) is 0 Å². The third-order valence-corrected chi connectivity index (χ3v) is 7.60. The summed E-state index contributed by atoms with van der Waals surface area (Å²) in [5.41, 5.74) is 10.2. The third-order valence-electron chi connectivity index (χ3n) is 7.60. The van der Waals surface area contributed by atoms with E-state index in [9.17, 15) is 0 Å². The molecule has 0 atom stereocenters. The maximum Gasteiger partial charge on any atom is 0.0639 e. The normalized spacial score (nSPS) is 12.4. The summed E-state index contributed by atoms with van der Waals surface area (Å²) in [5, 5.41) is 0. The lowest BCUT2D eigenvalue weighted by Crippen LogP contribution is -2.14. The Morgan fingerprint density at radius 1 is 0.421 bits per heavy atom. The van der Waals surface area contributed by atoms with Crippen molar-refractivity contribution in [2.24, 2.45) is 9.98 Å². The lowest BCUT2D eigenvalue weighted by molar-refractivity contribution is 0.616. The van der Waals surface area contributed by atoms with E-state index in [0.29, 0.717) is 0 Å². The van der Waals surface area contributed by atoms with Gasteiger partial charge in [0.05, 0.1) is 22.8 Å². The van der Waals surface area contributed by atoms with Crippen LogP contribution in [0, 0.1) is 0 Å². The molecule has 0 unspecified atom stereocenters. The molecule has 2 nitrogen and oxygen atoms in total. The maximum atomic E-state index is 5.38. The molecule has 0 saturated carbocycles. The molecule has 0 heterocycles. The molecule has 0 radical (unpaired) electrons. The van der Waals surface area contributed by atoms with Crippen LogP contribution in [0.1, 0.15) is 141 Å². The Balaban J connectivity index is 2.50. The van der Waals surface area contributed by atoms with Gasteiger partial charge in [-0.15, -0.1) is 0 Å². The van der Waals surface area contributed by atoms with Gasteiger partial charge in [0.25, 0.3) is 0 Å². The Morgan fingerprint density at radius 2 is 0.737 bits per heavy atom. The largest absolute Gasteiger partial charge is 0.252 e. The fraction of sp³-hybridized carbons (Fsp3) is 0.611. The minimum Gasteiger partial charge on any atom is -0.252 e. The van der Waals surface area contributed by atoms with Gasteiger partial charge in [-0.1, -0.05) is 105 Å². The molecule has 0 bridgehead atoms. The van der Waals surface area contributed by atoms with E-state index in [2.05, 4.69) is 77.9 Å². The molecule has 2 heteroatoms. The van der Waals surface area contributed by atoms with Gasteiger partial charge in [-0.3, -0.25) is 9.98 Å². The van der Waals surface area contributed by atoms with Gasteiger partial charge >= 0.3 is 0 Å². The maximum absolute atomic E-state index is 5.38. The summed E-state index contributed by atoms with van der Waals surface area (Å²) < 4.78 is 0. The molecule has 0 fully saturated rings. The quantitative estimate of drug-likeness (QED) is 0.131. The van der Waals surface area contributed by atoms with Crippen LogP contribution in [-0.2, 0) is 25.7 Å². The predicted molar refractivity (Wildman–Crippen MR) is 171 cm³/mol. The topological polar surface area (TPSA) is 24.7 Å². The van der Waals surface area contributed by atoms with Gasteiger partial charge in [0.2, 0.25) is 0 Å². The average Bonchev–Trinajstić information content (AvgIpc) is 2.95. The van der Waals surface area contributed by atoms with Crippen LogP contribution in [0.15, 0.2) is 46.4 Å². The number of rotatable bonds is 19. The van der Waals surface area contributed by atoms with E-state index < -0.39 is 0 Å². The first-order valence-electron chi connectivity index (χ1n) is 16.0. The van der Waals surface area contributed by atoms with E-state index in [-0.39, 0.29) is 0 Å². The first kappa shape index (κ1) is 32.0. The lowest BCUT2D eigenvalue weighted by Gasteiger charge is -2.14. The summed E-state index contributed by atoms with van der Waals surface area (Å²) >= 11 is 0. The van der Waals surface area contributed by atoms with E-state index in [1.807, 2.05) is 0 Å². The molecule has 0 aromatic heterocycles. The monoisotopic (exact) mass is 516 g/mol. The summed E-state index contributed by atoms with van der Waals surface area (Å²) in [6, 6.07) is 13.9. The first-order valence-corrected chi connectivity index (χ1v) is 16.0. The van der Waals surface area contributed by atoms with Gasteiger partial charge in [0, 0.05) is 0 Å². The van der Waals surface area contributed by atoms with Crippen molar-refractivity contribution in [2.45, 2.75) is 144 Å². The second-order valence-electron chi connectivity index (χ2n) is 10.9. The van der Waals surface area contributed by atoms with Crippen LogP contribution in [0.3, 0.4) is 0 Å². The second-order valence-corrected chi connectivity index (χ2v) is 10.9. The van der Waals surface area contributed by atoms with Gasteiger partial charge in [-0.05, 0) is 97.9 Å². The van der Waals surface area contributed by atoms with E-state index >= 15 is 0 Å². The number of unbranched alkanes of at least 4 members (excludes halogenated alkanes) is 8. The van der Waals surface area contributed by atoms with Gasteiger partial charge in [-0.2, -0.15) is 0 Å². The average molecular weight is 517 g/mol. The number of nitrogens with zero attached hydrogens (tertiary/aromatic N) is 2. The molecule has 2 aromatic rings. The lowest BCUT2D eigenvalue weighted by atomic mass is 9.99. The van der Waals surface area contributed by atoms with E-state index in [1.165, 1.54) is 97.9 Å². The smallest absolute Gasteiger partial charge is 0.0639 e. The first-order chi connectivity index (χ1) is 18.6. The van der Waals surface area contributed by atoms with Crippen molar-refractivity contribution < 1.29 is 0 Å². The summed E-state index contributed by atoms with van der Waals surface area (Å²) in [4.78, 5) is 10.7. The van der Waals surface area contributed by atoms with Gasteiger partial charge in [0.15, 0.2) is 0 Å². The Hall–Kier alpha value is -2.22. The molecule has 38 heavy (non-hydrogen) atoms. The highest BCUT2D eigenvalue weighted by atomic mass is 14.8. The Bertz CT molecular complexity index is 954. The SMILES string of the molecule is CCCCCCCCC(=Nc1cc(CC)cc(CC)c1)C(CCCCCC)=Nc1cc(CC)cc(CC)c1. The van der Waals surface area contributed by atoms with Crippen molar-refractivity contribution in [3.8, 4) is 0 Å². The summed E-state index contributed by atoms with van der Waals surface area (Å²) in [6.45, 7) is 13.5. The van der Waals surface area contributed by atoms with Gasteiger partial charge < -0.3 is 0 Å². The van der Waals surface area contributed by atoms with Crippen molar-refractivity contribution in [1.82, 2.24) is 0 Å². The Kier molecular flexibility index (Phi) is 15.9. The zero-order valence-corrected chi connectivity index (χ0v) is 25.7. The number of hydrogen-bond donors (Lipinski definition) is 0. The van der Waals surface area contributed by atoms with Crippen LogP contribution >= 0.6 is 0 Å². The Morgan fingerprint density at radius 3 is 1.08 bits per heavy atom. The van der Waals surface area contributed by atoms with Crippen molar-refractivity contribution in [2.75, 3.05) is 0 Å². The fourth-order valence-corrected chi connectivity index (χ4v) is 5.06. The molecule has 0 aliphatic rings. The summed E-state index contributed by atoms with van der Waals surface area (Å²) in [6.07, 6.45) is 19.0. The standard InChI is InChI=1S/C36H56N2/c1-7-13-15-17-18-20-22-36(38-34-27-31(11-5)24-32(12-6)28-34)35(21-19-16-14-8-2)37-33-25-29(9-3)23-30(10-4)26-33/h23-28H,7-22H2,1-6H3. The Labute approximate surface area is 235 Å². The molecule has 0 aliphatic heterocycles. The predicted octanol–water partition coefficient (Wildman–Crippen LogP) is 11.5. The zero-order valence-electron chi connectivity index (χ0n) is 25.7. The molecule has 0 aliphatic carbocycles. The van der Waals surface area contributed by atoms with E-state index in [0.717, 1.165) is 49.9 Å². The van der Waals surface area contributed by atoms with Crippen LogP contribution in [0.25, 0.3) is 0 Å². The minimum atomic E-state index is 1.01. The number of hydrogen-bond acceptors (Lipinski definition) is 2. The highest BCUT2D eigenvalue weighted by molar-refractivity contribution is 6.43. The molecule has 0 amide bonds. The third kappa shape index (κ3) is 11.7. The molecule has 0 N–H and O–H groups in total. The van der Waals surface area contributed by atoms with Gasteiger partial charge in [0.1, 0.15) is 0 Å². The molecule has 2 rings (SSSR count). The van der Waals surface area contributed by atoms with E-state index in [1.54, 1.807) is 0 Å². The molecule has 0 saturated heterocycles. The number of benzene rings is 2. The second kappa shape index (κ2) is 18.9.